The number of carbonyl (C=O) groups excluding carboxylic acids is 1. The summed E-state index contributed by atoms with van der Waals surface area (Å²) in [5.41, 5.74) is 0.0482. The first-order valence-corrected chi connectivity index (χ1v) is 10.8. The third kappa shape index (κ3) is 4.16. The molecule has 1 aromatic carbocycles. The maximum Gasteiger partial charge on any atom is 0.335 e. The zero-order valence-corrected chi connectivity index (χ0v) is 16.5. The third-order valence-corrected chi connectivity index (χ3v) is 7.21. The molecule has 1 amide bonds. The molecule has 2 fully saturated rings. The van der Waals surface area contributed by atoms with Crippen LogP contribution in [0.1, 0.15) is 49.9 Å². The number of carbonyl (C=O) groups is 2. The van der Waals surface area contributed by atoms with Gasteiger partial charge in [-0.15, -0.1) is 0 Å². The number of piperidine rings is 1. The molecule has 1 aliphatic heterocycles. The summed E-state index contributed by atoms with van der Waals surface area (Å²) in [4.78, 5) is 25.8. The average Bonchev–Trinajstić information content (AvgIpc) is 3.46. The Kier molecular flexibility index (Phi) is 5.58. The van der Waals surface area contributed by atoms with Crippen molar-refractivity contribution in [1.82, 2.24) is 9.21 Å². The van der Waals surface area contributed by atoms with Gasteiger partial charge >= 0.3 is 5.97 Å². The normalized spacial score (nSPS) is 19.2. The molecule has 2 aliphatic rings. The first-order chi connectivity index (χ1) is 12.7. The summed E-state index contributed by atoms with van der Waals surface area (Å²) < 4.78 is 27.0. The van der Waals surface area contributed by atoms with E-state index in [1.807, 2.05) is 18.7 Å². The molecule has 1 aliphatic carbocycles. The fourth-order valence-electron chi connectivity index (χ4n) is 3.68. The predicted octanol–water partition coefficient (Wildman–Crippen LogP) is 2.18. The summed E-state index contributed by atoms with van der Waals surface area (Å²) in [7, 11) is -3.68. The number of carboxylic acids is 1. The Morgan fingerprint density at radius 3 is 2.07 bits per heavy atom. The van der Waals surface area contributed by atoms with E-state index in [0.29, 0.717) is 32.0 Å². The molecule has 1 aromatic rings. The van der Waals surface area contributed by atoms with Crippen LogP contribution in [-0.4, -0.2) is 59.8 Å². The van der Waals surface area contributed by atoms with Gasteiger partial charge in [-0.1, -0.05) is 0 Å². The van der Waals surface area contributed by atoms with Crippen molar-refractivity contribution < 1.29 is 23.1 Å². The molecule has 1 saturated heterocycles. The van der Waals surface area contributed by atoms with E-state index in [-0.39, 0.29) is 28.3 Å². The van der Waals surface area contributed by atoms with Gasteiger partial charge in [0, 0.05) is 31.1 Å². The van der Waals surface area contributed by atoms with Crippen LogP contribution < -0.4 is 0 Å². The molecule has 8 heteroatoms. The summed E-state index contributed by atoms with van der Waals surface area (Å²) >= 11 is 0. The van der Waals surface area contributed by atoms with Crippen LogP contribution in [0.15, 0.2) is 29.2 Å². The minimum Gasteiger partial charge on any atom is -0.478 e. The molecular formula is C19H26N2O5S. The van der Waals surface area contributed by atoms with Gasteiger partial charge in [-0.3, -0.25) is 4.79 Å². The first-order valence-electron chi connectivity index (χ1n) is 9.37. The third-order valence-electron chi connectivity index (χ3n) is 5.29. The van der Waals surface area contributed by atoms with Crippen molar-refractivity contribution in [3.05, 3.63) is 29.8 Å². The van der Waals surface area contributed by atoms with Crippen LogP contribution >= 0.6 is 0 Å². The van der Waals surface area contributed by atoms with E-state index in [2.05, 4.69) is 0 Å². The lowest BCUT2D eigenvalue weighted by Crippen LogP contribution is -2.47. The topological polar surface area (TPSA) is 95.0 Å². The molecule has 0 aromatic heterocycles. The van der Waals surface area contributed by atoms with Gasteiger partial charge in [0.15, 0.2) is 0 Å². The SMILES string of the molecule is CC(C)N(C(=O)C1CCN(S(=O)(=O)c2ccc(C(=O)O)cc2)CC1)C1CC1. The number of sulfonamides is 1. The van der Waals surface area contributed by atoms with E-state index < -0.39 is 16.0 Å². The number of aromatic carboxylic acids is 1. The van der Waals surface area contributed by atoms with Crippen molar-refractivity contribution in [2.24, 2.45) is 5.92 Å². The molecule has 148 valence electrons. The van der Waals surface area contributed by atoms with Crippen LogP contribution in [-0.2, 0) is 14.8 Å². The van der Waals surface area contributed by atoms with Gasteiger partial charge < -0.3 is 10.0 Å². The van der Waals surface area contributed by atoms with E-state index in [1.54, 1.807) is 0 Å². The summed E-state index contributed by atoms with van der Waals surface area (Å²) in [5.74, 6) is -1.08. The van der Waals surface area contributed by atoms with Gasteiger partial charge in [-0.2, -0.15) is 4.31 Å². The monoisotopic (exact) mass is 394 g/mol. The smallest absolute Gasteiger partial charge is 0.335 e. The van der Waals surface area contributed by atoms with Crippen LogP contribution in [0.5, 0.6) is 0 Å². The van der Waals surface area contributed by atoms with E-state index in [0.717, 1.165) is 12.8 Å². The van der Waals surface area contributed by atoms with Gasteiger partial charge in [-0.05, 0) is 63.8 Å². The predicted molar refractivity (Wildman–Crippen MR) is 99.9 cm³/mol. The number of hydrogen-bond donors (Lipinski definition) is 1. The number of rotatable bonds is 6. The fraction of sp³-hybridized carbons (Fsp3) is 0.579. The number of carboxylic acid groups (broad SMARTS) is 1. The van der Waals surface area contributed by atoms with Gasteiger partial charge in [0.1, 0.15) is 0 Å². The molecule has 0 bridgehead atoms. The van der Waals surface area contributed by atoms with Crippen LogP contribution in [0.3, 0.4) is 0 Å². The van der Waals surface area contributed by atoms with Crippen LogP contribution in [0.25, 0.3) is 0 Å². The second-order valence-electron chi connectivity index (χ2n) is 7.58. The molecule has 1 saturated carbocycles. The summed E-state index contributed by atoms with van der Waals surface area (Å²) in [5, 5.41) is 8.94. The van der Waals surface area contributed by atoms with E-state index in [1.165, 1.54) is 28.6 Å². The van der Waals surface area contributed by atoms with Crippen molar-refractivity contribution in [2.45, 2.75) is 56.5 Å². The lowest BCUT2D eigenvalue weighted by atomic mass is 9.96. The molecule has 3 rings (SSSR count). The highest BCUT2D eigenvalue weighted by atomic mass is 32.2. The zero-order valence-electron chi connectivity index (χ0n) is 15.7. The minimum atomic E-state index is -3.68. The van der Waals surface area contributed by atoms with Gasteiger partial charge in [0.25, 0.3) is 0 Å². The van der Waals surface area contributed by atoms with Crippen molar-refractivity contribution >= 4 is 21.9 Å². The van der Waals surface area contributed by atoms with Crippen molar-refractivity contribution in [3.63, 3.8) is 0 Å². The molecular weight excluding hydrogens is 368 g/mol. The molecule has 7 nitrogen and oxygen atoms in total. The molecule has 0 unspecified atom stereocenters. The minimum absolute atomic E-state index is 0.0482. The van der Waals surface area contributed by atoms with Gasteiger partial charge in [0.2, 0.25) is 15.9 Å². The maximum atomic E-state index is 12.9. The Balaban J connectivity index is 1.65. The molecule has 0 radical (unpaired) electrons. The van der Waals surface area contributed by atoms with Gasteiger partial charge in [-0.25, -0.2) is 13.2 Å². The zero-order chi connectivity index (χ0) is 19.8. The number of hydrogen-bond acceptors (Lipinski definition) is 4. The van der Waals surface area contributed by atoms with E-state index >= 15 is 0 Å². The lowest BCUT2D eigenvalue weighted by Gasteiger charge is -2.35. The summed E-state index contributed by atoms with van der Waals surface area (Å²) in [6.45, 7) is 4.65. The highest BCUT2D eigenvalue weighted by Crippen LogP contribution is 2.32. The van der Waals surface area contributed by atoms with Gasteiger partial charge in [0.05, 0.1) is 10.5 Å². The Hall–Kier alpha value is -1.93. The molecule has 1 heterocycles. The summed E-state index contributed by atoms with van der Waals surface area (Å²) in [6, 6.07) is 5.75. The first kappa shape index (κ1) is 19.8. The standard InChI is InChI=1S/C19H26N2O5S/c1-13(2)21(16-5-6-16)18(22)14-9-11-20(12-10-14)27(25,26)17-7-3-15(4-8-17)19(23)24/h3-4,7-8,13-14,16H,5-6,9-12H2,1-2H3,(H,23,24). The second-order valence-corrected chi connectivity index (χ2v) is 9.52. The summed E-state index contributed by atoms with van der Waals surface area (Å²) in [6.07, 6.45) is 3.15. The highest BCUT2D eigenvalue weighted by Gasteiger charge is 2.39. The quantitative estimate of drug-likeness (QED) is 0.798. The molecule has 1 N–H and O–H groups in total. The van der Waals surface area contributed by atoms with Crippen LogP contribution in [0, 0.1) is 5.92 Å². The Morgan fingerprint density at radius 1 is 1.07 bits per heavy atom. The Labute approximate surface area is 160 Å². The van der Waals surface area contributed by atoms with Crippen LogP contribution in [0.4, 0.5) is 0 Å². The number of amides is 1. The van der Waals surface area contributed by atoms with E-state index in [4.69, 9.17) is 5.11 Å². The molecule has 0 atom stereocenters. The fourth-order valence-corrected chi connectivity index (χ4v) is 5.15. The Morgan fingerprint density at radius 2 is 1.63 bits per heavy atom. The molecule has 27 heavy (non-hydrogen) atoms. The highest BCUT2D eigenvalue weighted by molar-refractivity contribution is 7.89. The van der Waals surface area contributed by atoms with E-state index in [9.17, 15) is 18.0 Å². The lowest BCUT2D eigenvalue weighted by molar-refractivity contribution is -0.139. The van der Waals surface area contributed by atoms with Crippen molar-refractivity contribution in [3.8, 4) is 0 Å². The van der Waals surface area contributed by atoms with Crippen LogP contribution in [0.2, 0.25) is 0 Å². The Bertz CT molecular complexity index is 805. The number of nitrogens with zero attached hydrogens (tertiary/aromatic N) is 2. The second kappa shape index (κ2) is 7.59. The maximum absolute atomic E-state index is 12.9. The number of benzene rings is 1. The largest absolute Gasteiger partial charge is 0.478 e. The molecule has 0 spiro atoms. The average molecular weight is 394 g/mol. The van der Waals surface area contributed by atoms with Crippen molar-refractivity contribution in [1.29, 1.82) is 0 Å². The van der Waals surface area contributed by atoms with Crippen molar-refractivity contribution in [2.75, 3.05) is 13.1 Å².